The lowest BCUT2D eigenvalue weighted by Gasteiger charge is -2.34. The van der Waals surface area contributed by atoms with Gasteiger partial charge in [-0.15, -0.1) is 0 Å². The smallest absolute Gasteiger partial charge is 0.253 e. The van der Waals surface area contributed by atoms with Crippen LogP contribution in [-0.4, -0.2) is 63.2 Å². The van der Waals surface area contributed by atoms with Crippen LogP contribution in [0.4, 0.5) is 4.39 Å². The maximum atomic E-state index is 14.0. The van der Waals surface area contributed by atoms with Gasteiger partial charge in [-0.2, -0.15) is 0 Å². The van der Waals surface area contributed by atoms with Crippen LogP contribution in [0.5, 0.6) is 11.5 Å². The van der Waals surface area contributed by atoms with Gasteiger partial charge < -0.3 is 19.3 Å². The molecule has 0 bridgehead atoms. The number of likely N-dealkylation sites (tertiary alicyclic amines) is 1. The van der Waals surface area contributed by atoms with Gasteiger partial charge >= 0.3 is 0 Å². The molecule has 1 fully saturated rings. The SMILES string of the molecule is COc1ccc(C(=O)N(C)C[C@H]2CCCN(CCc3ccccc3OC)C2)cc1F. The molecule has 5 nitrogen and oxygen atoms in total. The molecular formula is C24H31FN2O3. The number of amides is 1. The first-order chi connectivity index (χ1) is 14.5. The zero-order chi connectivity index (χ0) is 21.5. The summed E-state index contributed by atoms with van der Waals surface area (Å²) < 4.78 is 24.3. The predicted molar refractivity (Wildman–Crippen MR) is 116 cm³/mol. The first kappa shape index (κ1) is 22.1. The number of methoxy groups -OCH3 is 2. The second kappa shape index (κ2) is 10.4. The summed E-state index contributed by atoms with van der Waals surface area (Å²) in [6, 6.07) is 12.5. The van der Waals surface area contributed by atoms with E-state index < -0.39 is 5.82 Å². The van der Waals surface area contributed by atoms with Crippen LogP contribution in [0.3, 0.4) is 0 Å². The fourth-order valence-electron chi connectivity index (χ4n) is 4.18. The first-order valence-electron chi connectivity index (χ1n) is 10.4. The van der Waals surface area contributed by atoms with Gasteiger partial charge in [0.1, 0.15) is 5.75 Å². The van der Waals surface area contributed by atoms with E-state index in [1.54, 1.807) is 25.1 Å². The van der Waals surface area contributed by atoms with Gasteiger partial charge in [-0.3, -0.25) is 4.79 Å². The fourth-order valence-corrected chi connectivity index (χ4v) is 4.18. The van der Waals surface area contributed by atoms with Crippen molar-refractivity contribution in [1.29, 1.82) is 0 Å². The molecule has 30 heavy (non-hydrogen) atoms. The van der Waals surface area contributed by atoms with Gasteiger partial charge in [0.25, 0.3) is 5.91 Å². The number of para-hydroxylation sites is 1. The highest BCUT2D eigenvalue weighted by Crippen LogP contribution is 2.22. The molecular weight excluding hydrogens is 383 g/mol. The van der Waals surface area contributed by atoms with Gasteiger partial charge in [-0.25, -0.2) is 4.39 Å². The summed E-state index contributed by atoms with van der Waals surface area (Å²) in [5.41, 5.74) is 1.57. The van der Waals surface area contributed by atoms with E-state index in [1.165, 1.54) is 24.8 Å². The van der Waals surface area contributed by atoms with E-state index >= 15 is 0 Å². The van der Waals surface area contributed by atoms with E-state index in [2.05, 4.69) is 11.0 Å². The second-order valence-electron chi connectivity index (χ2n) is 7.91. The van der Waals surface area contributed by atoms with Gasteiger partial charge in [0, 0.05) is 32.2 Å². The number of hydrogen-bond acceptors (Lipinski definition) is 4. The third-order valence-corrected chi connectivity index (χ3v) is 5.77. The normalized spacial score (nSPS) is 16.9. The highest BCUT2D eigenvalue weighted by Gasteiger charge is 2.23. The quantitative estimate of drug-likeness (QED) is 0.658. The molecule has 1 atom stereocenters. The van der Waals surface area contributed by atoms with Crippen LogP contribution in [-0.2, 0) is 6.42 Å². The topological polar surface area (TPSA) is 42.0 Å². The van der Waals surface area contributed by atoms with Crippen molar-refractivity contribution >= 4 is 5.91 Å². The number of ether oxygens (including phenoxy) is 2. The minimum absolute atomic E-state index is 0.146. The summed E-state index contributed by atoms with van der Waals surface area (Å²) in [5, 5.41) is 0. The van der Waals surface area contributed by atoms with E-state index in [-0.39, 0.29) is 11.7 Å². The number of hydrogen-bond donors (Lipinski definition) is 0. The number of rotatable bonds is 8. The van der Waals surface area contributed by atoms with Gasteiger partial charge in [-0.05, 0) is 61.6 Å². The van der Waals surface area contributed by atoms with Crippen molar-refractivity contribution in [1.82, 2.24) is 9.80 Å². The average Bonchev–Trinajstić information content (AvgIpc) is 2.77. The Morgan fingerprint density at radius 3 is 2.67 bits per heavy atom. The lowest BCUT2D eigenvalue weighted by molar-refractivity contribution is 0.0729. The summed E-state index contributed by atoms with van der Waals surface area (Å²) in [4.78, 5) is 16.9. The summed E-state index contributed by atoms with van der Waals surface area (Å²) in [6.45, 7) is 3.67. The third kappa shape index (κ3) is 5.51. The number of halogens is 1. The van der Waals surface area contributed by atoms with Crippen molar-refractivity contribution in [2.24, 2.45) is 5.92 Å². The van der Waals surface area contributed by atoms with Crippen LogP contribution >= 0.6 is 0 Å². The second-order valence-corrected chi connectivity index (χ2v) is 7.91. The summed E-state index contributed by atoms with van der Waals surface area (Å²) in [7, 11) is 4.91. The highest BCUT2D eigenvalue weighted by molar-refractivity contribution is 5.94. The number of carbonyl (C=O) groups excluding carboxylic acids is 1. The zero-order valence-corrected chi connectivity index (χ0v) is 18.1. The van der Waals surface area contributed by atoms with Crippen molar-refractivity contribution in [2.75, 3.05) is 47.4 Å². The molecule has 0 spiro atoms. The van der Waals surface area contributed by atoms with Crippen LogP contribution in [0.25, 0.3) is 0 Å². The molecule has 1 aliphatic heterocycles. The first-order valence-corrected chi connectivity index (χ1v) is 10.4. The zero-order valence-electron chi connectivity index (χ0n) is 18.1. The molecule has 3 rings (SSSR count). The minimum atomic E-state index is -0.517. The Morgan fingerprint density at radius 2 is 1.93 bits per heavy atom. The maximum Gasteiger partial charge on any atom is 0.253 e. The molecule has 0 saturated carbocycles. The molecule has 0 aliphatic carbocycles. The molecule has 1 amide bonds. The highest BCUT2D eigenvalue weighted by atomic mass is 19.1. The minimum Gasteiger partial charge on any atom is -0.496 e. The molecule has 1 heterocycles. The maximum absolute atomic E-state index is 14.0. The van der Waals surface area contributed by atoms with Crippen molar-refractivity contribution in [3.63, 3.8) is 0 Å². The Kier molecular flexibility index (Phi) is 7.69. The van der Waals surface area contributed by atoms with E-state index in [4.69, 9.17) is 9.47 Å². The Bertz CT molecular complexity index is 858. The van der Waals surface area contributed by atoms with Crippen LogP contribution in [0, 0.1) is 11.7 Å². The Morgan fingerprint density at radius 1 is 1.17 bits per heavy atom. The Balaban J connectivity index is 1.53. The summed E-state index contributed by atoms with van der Waals surface area (Å²) in [5.74, 6) is 0.809. The van der Waals surface area contributed by atoms with Crippen LogP contribution in [0.15, 0.2) is 42.5 Å². The van der Waals surface area contributed by atoms with E-state index in [0.717, 1.165) is 44.6 Å². The average molecular weight is 415 g/mol. The van der Waals surface area contributed by atoms with Crippen LogP contribution in [0.1, 0.15) is 28.8 Å². The van der Waals surface area contributed by atoms with Crippen molar-refractivity contribution in [3.05, 3.63) is 59.4 Å². The molecule has 2 aromatic rings. The molecule has 0 unspecified atom stereocenters. The summed E-state index contributed by atoms with van der Waals surface area (Å²) in [6.07, 6.45) is 3.16. The van der Waals surface area contributed by atoms with Crippen LogP contribution in [0.2, 0.25) is 0 Å². The molecule has 0 radical (unpaired) electrons. The van der Waals surface area contributed by atoms with E-state index in [0.29, 0.717) is 18.0 Å². The largest absolute Gasteiger partial charge is 0.496 e. The van der Waals surface area contributed by atoms with Gasteiger partial charge in [0.15, 0.2) is 11.6 Å². The molecule has 2 aromatic carbocycles. The standard InChI is InChI=1S/C24H31FN2O3/c1-26(24(28)20-10-11-23(30-3)21(25)15-20)16-18-7-6-13-27(17-18)14-12-19-8-4-5-9-22(19)29-2/h4-5,8-11,15,18H,6-7,12-14,16-17H2,1-3H3/t18-/m1/s1. The predicted octanol–water partition coefficient (Wildman–Crippen LogP) is 3.87. The van der Waals surface area contributed by atoms with Crippen molar-refractivity contribution in [3.8, 4) is 11.5 Å². The number of nitrogens with zero attached hydrogens (tertiary/aromatic N) is 2. The molecule has 162 valence electrons. The van der Waals surface area contributed by atoms with E-state index in [1.807, 2.05) is 18.2 Å². The lowest BCUT2D eigenvalue weighted by Crippen LogP contribution is -2.42. The van der Waals surface area contributed by atoms with Gasteiger partial charge in [0.05, 0.1) is 14.2 Å². The Labute approximate surface area is 178 Å². The lowest BCUT2D eigenvalue weighted by atomic mass is 9.96. The number of carbonyl (C=O) groups is 1. The third-order valence-electron chi connectivity index (χ3n) is 5.77. The summed E-state index contributed by atoms with van der Waals surface area (Å²) >= 11 is 0. The van der Waals surface area contributed by atoms with Gasteiger partial charge in [0.2, 0.25) is 0 Å². The molecule has 6 heteroatoms. The molecule has 0 aromatic heterocycles. The van der Waals surface area contributed by atoms with Gasteiger partial charge in [-0.1, -0.05) is 18.2 Å². The monoisotopic (exact) mass is 414 g/mol. The molecule has 1 saturated heterocycles. The number of benzene rings is 2. The molecule has 1 aliphatic rings. The Hall–Kier alpha value is -2.60. The van der Waals surface area contributed by atoms with Crippen molar-refractivity contribution in [2.45, 2.75) is 19.3 Å². The van der Waals surface area contributed by atoms with Crippen LogP contribution < -0.4 is 9.47 Å². The van der Waals surface area contributed by atoms with Crippen molar-refractivity contribution < 1.29 is 18.7 Å². The molecule has 0 N–H and O–H groups in total. The fraction of sp³-hybridized carbons (Fsp3) is 0.458. The number of piperidine rings is 1. The van der Waals surface area contributed by atoms with E-state index in [9.17, 15) is 9.18 Å².